The molecular formula is C11H16ClNS. The molecule has 1 rings (SSSR count). The molecule has 0 atom stereocenters. The van der Waals surface area contributed by atoms with Gasteiger partial charge in [0, 0.05) is 21.2 Å². The largest absolute Gasteiger partial charge is 0.326 e. The van der Waals surface area contributed by atoms with Gasteiger partial charge in [-0.25, -0.2) is 0 Å². The van der Waals surface area contributed by atoms with Gasteiger partial charge in [0.2, 0.25) is 0 Å². The maximum Gasteiger partial charge on any atom is 0.0410 e. The third-order valence-electron chi connectivity index (χ3n) is 1.66. The zero-order valence-corrected chi connectivity index (χ0v) is 10.4. The minimum absolute atomic E-state index is 0.206. The average molecular weight is 230 g/mol. The lowest BCUT2D eigenvalue weighted by Gasteiger charge is -2.19. The van der Waals surface area contributed by atoms with Gasteiger partial charge in [0.1, 0.15) is 0 Å². The van der Waals surface area contributed by atoms with Crippen molar-refractivity contribution in [3.63, 3.8) is 0 Å². The molecule has 0 spiro atoms. The molecule has 0 aliphatic carbocycles. The van der Waals surface area contributed by atoms with E-state index in [4.69, 9.17) is 17.3 Å². The number of rotatable bonds is 2. The monoisotopic (exact) mass is 229 g/mol. The second kappa shape index (κ2) is 4.56. The molecule has 0 aromatic heterocycles. The zero-order valence-electron chi connectivity index (χ0n) is 8.80. The first-order valence-corrected chi connectivity index (χ1v) is 5.79. The van der Waals surface area contributed by atoms with Gasteiger partial charge in [-0.2, -0.15) is 0 Å². The molecule has 0 amide bonds. The Morgan fingerprint density at radius 1 is 1.36 bits per heavy atom. The van der Waals surface area contributed by atoms with Crippen LogP contribution in [0, 0.1) is 0 Å². The Kier molecular flexibility index (Phi) is 3.87. The second-order valence-electron chi connectivity index (χ2n) is 4.17. The minimum Gasteiger partial charge on any atom is -0.326 e. The molecular weight excluding hydrogens is 214 g/mol. The van der Waals surface area contributed by atoms with Crippen molar-refractivity contribution >= 4 is 23.4 Å². The van der Waals surface area contributed by atoms with E-state index >= 15 is 0 Å². The van der Waals surface area contributed by atoms with Gasteiger partial charge in [-0.15, -0.1) is 11.8 Å². The summed E-state index contributed by atoms with van der Waals surface area (Å²) in [6.45, 7) is 7.10. The van der Waals surface area contributed by atoms with Gasteiger partial charge in [0.15, 0.2) is 0 Å². The fourth-order valence-electron chi connectivity index (χ4n) is 1.14. The van der Waals surface area contributed by atoms with Crippen LogP contribution in [-0.2, 0) is 6.54 Å². The van der Waals surface area contributed by atoms with Gasteiger partial charge in [-0.3, -0.25) is 0 Å². The van der Waals surface area contributed by atoms with E-state index in [1.165, 1.54) is 4.90 Å². The number of halogens is 1. The second-order valence-corrected chi connectivity index (χ2v) is 6.48. The maximum absolute atomic E-state index is 5.90. The highest BCUT2D eigenvalue weighted by molar-refractivity contribution is 8.00. The Balaban J connectivity index is 2.97. The molecule has 0 unspecified atom stereocenters. The van der Waals surface area contributed by atoms with Crippen molar-refractivity contribution in [2.45, 2.75) is 37.0 Å². The molecule has 0 aliphatic rings. The summed E-state index contributed by atoms with van der Waals surface area (Å²) >= 11 is 7.72. The van der Waals surface area contributed by atoms with Crippen molar-refractivity contribution in [1.29, 1.82) is 0 Å². The number of thioether (sulfide) groups is 1. The standard InChI is InChI=1S/C11H16ClNS/c1-11(2,3)14-10-5-4-9(12)6-8(10)7-13/h4-6H,7,13H2,1-3H3. The van der Waals surface area contributed by atoms with Crippen LogP contribution in [0.4, 0.5) is 0 Å². The van der Waals surface area contributed by atoms with E-state index in [2.05, 4.69) is 20.8 Å². The maximum atomic E-state index is 5.90. The van der Waals surface area contributed by atoms with E-state index in [0.29, 0.717) is 6.54 Å². The summed E-state index contributed by atoms with van der Waals surface area (Å²) in [6, 6.07) is 5.89. The summed E-state index contributed by atoms with van der Waals surface area (Å²) < 4.78 is 0.206. The van der Waals surface area contributed by atoms with Crippen LogP contribution in [0.2, 0.25) is 5.02 Å². The van der Waals surface area contributed by atoms with Gasteiger partial charge in [-0.05, 0) is 23.8 Å². The van der Waals surface area contributed by atoms with E-state index in [9.17, 15) is 0 Å². The van der Waals surface area contributed by atoms with Crippen molar-refractivity contribution < 1.29 is 0 Å². The highest BCUT2D eigenvalue weighted by atomic mass is 35.5. The lowest BCUT2D eigenvalue weighted by Crippen LogP contribution is -2.08. The normalized spacial score (nSPS) is 11.8. The third-order valence-corrected chi connectivity index (χ3v) is 3.12. The number of nitrogens with two attached hydrogens (primary N) is 1. The summed E-state index contributed by atoms with van der Waals surface area (Å²) in [5.41, 5.74) is 6.79. The van der Waals surface area contributed by atoms with Crippen LogP contribution < -0.4 is 5.73 Å². The Bertz CT molecular complexity index is 318. The van der Waals surface area contributed by atoms with E-state index in [1.54, 1.807) is 0 Å². The predicted octanol–water partition coefficient (Wildman–Crippen LogP) is 3.69. The Morgan fingerprint density at radius 3 is 2.50 bits per heavy atom. The molecule has 0 radical (unpaired) electrons. The molecule has 0 aliphatic heterocycles. The molecule has 0 bridgehead atoms. The summed E-state index contributed by atoms with van der Waals surface area (Å²) in [5.74, 6) is 0. The quantitative estimate of drug-likeness (QED) is 0.783. The Hall–Kier alpha value is -0.180. The van der Waals surface area contributed by atoms with Crippen LogP contribution in [0.5, 0.6) is 0 Å². The molecule has 2 N–H and O–H groups in total. The lowest BCUT2D eigenvalue weighted by molar-refractivity contribution is 0.801. The Morgan fingerprint density at radius 2 is 2.00 bits per heavy atom. The van der Waals surface area contributed by atoms with E-state index in [0.717, 1.165) is 10.6 Å². The zero-order chi connectivity index (χ0) is 10.8. The molecule has 0 saturated carbocycles. The molecule has 1 aromatic carbocycles. The molecule has 0 heterocycles. The minimum atomic E-state index is 0.206. The summed E-state index contributed by atoms with van der Waals surface area (Å²) in [6.07, 6.45) is 0. The molecule has 0 saturated heterocycles. The fraction of sp³-hybridized carbons (Fsp3) is 0.455. The van der Waals surface area contributed by atoms with Crippen LogP contribution in [-0.4, -0.2) is 4.75 Å². The molecule has 14 heavy (non-hydrogen) atoms. The van der Waals surface area contributed by atoms with Crippen LogP contribution in [0.15, 0.2) is 23.1 Å². The SMILES string of the molecule is CC(C)(C)Sc1ccc(Cl)cc1CN. The van der Waals surface area contributed by atoms with Crippen LogP contribution >= 0.6 is 23.4 Å². The third kappa shape index (κ3) is 3.52. The van der Waals surface area contributed by atoms with Gasteiger partial charge in [0.25, 0.3) is 0 Å². The van der Waals surface area contributed by atoms with Crippen molar-refractivity contribution in [2.24, 2.45) is 5.73 Å². The summed E-state index contributed by atoms with van der Waals surface area (Å²) in [7, 11) is 0. The first-order valence-electron chi connectivity index (χ1n) is 4.60. The molecule has 3 heteroatoms. The van der Waals surface area contributed by atoms with E-state index in [-0.39, 0.29) is 4.75 Å². The highest BCUT2D eigenvalue weighted by Crippen LogP contribution is 2.34. The number of hydrogen-bond acceptors (Lipinski definition) is 2. The number of benzene rings is 1. The van der Waals surface area contributed by atoms with Crippen LogP contribution in [0.25, 0.3) is 0 Å². The smallest absolute Gasteiger partial charge is 0.0410 e. The van der Waals surface area contributed by atoms with Crippen LogP contribution in [0.1, 0.15) is 26.3 Å². The van der Waals surface area contributed by atoms with Gasteiger partial charge in [0.05, 0.1) is 0 Å². The topological polar surface area (TPSA) is 26.0 Å². The predicted molar refractivity (Wildman–Crippen MR) is 65.0 cm³/mol. The van der Waals surface area contributed by atoms with E-state index < -0.39 is 0 Å². The van der Waals surface area contributed by atoms with Gasteiger partial charge in [-0.1, -0.05) is 32.4 Å². The first-order chi connectivity index (χ1) is 6.42. The average Bonchev–Trinajstić information content (AvgIpc) is 2.06. The first kappa shape index (κ1) is 11.9. The van der Waals surface area contributed by atoms with Gasteiger partial charge < -0.3 is 5.73 Å². The van der Waals surface area contributed by atoms with Crippen molar-refractivity contribution in [2.75, 3.05) is 0 Å². The van der Waals surface area contributed by atoms with Crippen molar-refractivity contribution in [3.8, 4) is 0 Å². The van der Waals surface area contributed by atoms with Crippen molar-refractivity contribution in [1.82, 2.24) is 0 Å². The molecule has 1 aromatic rings. The summed E-state index contributed by atoms with van der Waals surface area (Å²) in [5, 5.41) is 0.753. The van der Waals surface area contributed by atoms with Gasteiger partial charge >= 0.3 is 0 Å². The van der Waals surface area contributed by atoms with Crippen LogP contribution in [0.3, 0.4) is 0 Å². The Labute approximate surface area is 95.0 Å². The van der Waals surface area contributed by atoms with Crippen molar-refractivity contribution in [3.05, 3.63) is 28.8 Å². The summed E-state index contributed by atoms with van der Waals surface area (Å²) in [4.78, 5) is 1.23. The number of hydrogen-bond donors (Lipinski definition) is 1. The van der Waals surface area contributed by atoms with E-state index in [1.807, 2.05) is 30.0 Å². The highest BCUT2D eigenvalue weighted by Gasteiger charge is 2.14. The fourth-order valence-corrected chi connectivity index (χ4v) is 2.40. The molecule has 1 nitrogen and oxygen atoms in total. The molecule has 78 valence electrons. The molecule has 0 fully saturated rings. The lowest BCUT2D eigenvalue weighted by atomic mass is 10.2.